The number of aromatic nitrogens is 2. The van der Waals surface area contributed by atoms with E-state index in [1.807, 2.05) is 4.98 Å². The van der Waals surface area contributed by atoms with Crippen molar-refractivity contribution in [2.75, 3.05) is 18.1 Å². The standard InChI is InChI=1S/C18H23N3O12P2/c1-2-34(26,27)33-35(28,29)30-10-12-14(23)15(32-18(25)19-11-6-4-3-5-7-11)16(31-12)21-9-8-13(22)20-17(21)24/h3-9,12,14-16,23H,2,10H2,1H3,(H,19,25)(H,26,27)(H,28,29)(H,20,22,24)/t12-,14+,15?,16-/m1/s1. The van der Waals surface area contributed by atoms with Crippen LogP contribution >= 0.6 is 15.4 Å². The van der Waals surface area contributed by atoms with Gasteiger partial charge in [-0.15, -0.1) is 0 Å². The SMILES string of the molecule is CCP(=O)(O)OP(=O)(O)OC[C@H]1O[C@@H](n2ccc(=O)[nH]c2=O)C(OC(=O)Nc2ccccc2)[C@H]1O. The highest BCUT2D eigenvalue weighted by Crippen LogP contribution is 2.59. The van der Waals surface area contributed by atoms with Gasteiger partial charge in [0.2, 0.25) is 0 Å². The van der Waals surface area contributed by atoms with Crippen LogP contribution in [0.1, 0.15) is 13.2 Å². The number of phosphoric ester groups is 1. The first-order chi connectivity index (χ1) is 16.4. The molecular formula is C18H23N3O12P2. The molecule has 35 heavy (non-hydrogen) atoms. The molecule has 1 amide bonds. The third-order valence-corrected chi connectivity index (χ3v) is 7.85. The number of carbonyl (C=O) groups is 1. The predicted octanol–water partition coefficient (Wildman–Crippen LogP) is 0.751. The van der Waals surface area contributed by atoms with E-state index in [1.54, 1.807) is 30.3 Å². The van der Waals surface area contributed by atoms with Crippen molar-refractivity contribution in [3.05, 3.63) is 63.4 Å². The maximum atomic E-state index is 12.4. The van der Waals surface area contributed by atoms with Gasteiger partial charge in [0.05, 0.1) is 6.61 Å². The van der Waals surface area contributed by atoms with Crippen molar-refractivity contribution in [2.24, 2.45) is 0 Å². The molecule has 1 aromatic heterocycles. The molecule has 5 N–H and O–H groups in total. The lowest BCUT2D eigenvalue weighted by molar-refractivity contribution is -0.0550. The minimum absolute atomic E-state index is 0.367. The number of aliphatic hydroxyl groups excluding tert-OH is 1. The van der Waals surface area contributed by atoms with Crippen molar-refractivity contribution in [2.45, 2.75) is 31.5 Å². The topological polar surface area (TPSA) is 216 Å². The Bertz CT molecular complexity index is 1250. The van der Waals surface area contributed by atoms with Crippen LogP contribution in [-0.4, -0.2) is 61.6 Å². The quantitative estimate of drug-likeness (QED) is 0.281. The minimum Gasteiger partial charge on any atom is -0.438 e. The molecule has 17 heteroatoms. The largest absolute Gasteiger partial charge is 0.479 e. The van der Waals surface area contributed by atoms with Gasteiger partial charge in [-0.05, 0) is 12.1 Å². The van der Waals surface area contributed by atoms with Crippen LogP contribution in [0.3, 0.4) is 0 Å². The molecular weight excluding hydrogens is 512 g/mol. The second kappa shape index (κ2) is 11.0. The van der Waals surface area contributed by atoms with Gasteiger partial charge in [0, 0.05) is 24.1 Å². The summed E-state index contributed by atoms with van der Waals surface area (Å²) in [6, 6.07) is 9.14. The van der Waals surface area contributed by atoms with E-state index < -0.39 is 70.1 Å². The van der Waals surface area contributed by atoms with Crippen LogP contribution in [0.5, 0.6) is 0 Å². The number of rotatable bonds is 9. The van der Waals surface area contributed by atoms with E-state index in [9.17, 15) is 38.4 Å². The fraction of sp³-hybridized carbons (Fsp3) is 0.389. The third kappa shape index (κ3) is 7.19. The zero-order valence-corrected chi connectivity index (χ0v) is 19.9. The Morgan fingerprint density at radius 2 is 1.89 bits per heavy atom. The van der Waals surface area contributed by atoms with Crippen molar-refractivity contribution in [1.29, 1.82) is 0 Å². The second-order valence-electron chi connectivity index (χ2n) is 7.23. The van der Waals surface area contributed by atoms with Gasteiger partial charge in [-0.1, -0.05) is 25.1 Å². The Morgan fingerprint density at radius 1 is 1.20 bits per heavy atom. The van der Waals surface area contributed by atoms with E-state index in [2.05, 4.69) is 14.2 Å². The summed E-state index contributed by atoms with van der Waals surface area (Å²) >= 11 is 0. The number of para-hydroxylation sites is 1. The van der Waals surface area contributed by atoms with Gasteiger partial charge >= 0.3 is 27.2 Å². The summed E-state index contributed by atoms with van der Waals surface area (Å²) in [4.78, 5) is 57.2. The summed E-state index contributed by atoms with van der Waals surface area (Å²) < 4.78 is 44.2. The number of ether oxygens (including phenoxy) is 2. The van der Waals surface area contributed by atoms with Crippen LogP contribution in [-0.2, 0) is 27.4 Å². The lowest BCUT2D eigenvalue weighted by atomic mass is 10.1. The minimum atomic E-state index is -5.05. The van der Waals surface area contributed by atoms with Gasteiger partial charge in [-0.25, -0.2) is 18.5 Å². The Labute approximate surface area is 197 Å². The Morgan fingerprint density at radius 3 is 2.51 bits per heavy atom. The molecule has 0 saturated carbocycles. The molecule has 0 bridgehead atoms. The average molecular weight is 535 g/mol. The van der Waals surface area contributed by atoms with Crippen molar-refractivity contribution >= 4 is 27.2 Å². The van der Waals surface area contributed by atoms with Crippen LogP contribution in [0, 0.1) is 0 Å². The second-order valence-corrected chi connectivity index (χ2v) is 11.0. The summed E-state index contributed by atoms with van der Waals surface area (Å²) in [5.41, 5.74) is -1.30. The maximum absolute atomic E-state index is 12.4. The molecule has 2 heterocycles. The van der Waals surface area contributed by atoms with Crippen molar-refractivity contribution in [3.63, 3.8) is 0 Å². The summed E-state index contributed by atoms with van der Waals surface area (Å²) in [6.45, 7) is 0.396. The molecule has 1 aliphatic heterocycles. The fourth-order valence-corrected chi connectivity index (χ4v) is 5.31. The zero-order valence-electron chi connectivity index (χ0n) is 18.1. The molecule has 15 nitrogen and oxygen atoms in total. The summed E-state index contributed by atoms with van der Waals surface area (Å²) in [7, 11) is -9.46. The molecule has 3 unspecified atom stereocenters. The van der Waals surface area contributed by atoms with Gasteiger partial charge in [-0.3, -0.25) is 28.8 Å². The predicted molar refractivity (Wildman–Crippen MR) is 119 cm³/mol. The van der Waals surface area contributed by atoms with Crippen LogP contribution in [0.15, 0.2) is 52.2 Å². The smallest absolute Gasteiger partial charge is 0.438 e. The number of nitrogens with zero attached hydrogens (tertiary/aromatic N) is 1. The Kier molecular flexibility index (Phi) is 8.46. The first-order valence-corrected chi connectivity index (χ1v) is 13.3. The molecule has 192 valence electrons. The number of nitrogens with one attached hydrogen (secondary N) is 2. The molecule has 1 saturated heterocycles. The Hall–Kier alpha value is -2.61. The average Bonchev–Trinajstić information content (AvgIpc) is 3.07. The third-order valence-electron chi connectivity index (χ3n) is 4.73. The molecule has 3 rings (SSSR count). The molecule has 2 aromatic rings. The van der Waals surface area contributed by atoms with Crippen molar-refractivity contribution < 1.29 is 47.1 Å². The number of benzene rings is 1. The molecule has 6 atom stereocenters. The number of carbonyl (C=O) groups excluding carboxylic acids is 1. The number of anilines is 1. The summed E-state index contributed by atoms with van der Waals surface area (Å²) in [6.07, 6.45) is -6.64. The maximum Gasteiger partial charge on any atom is 0.479 e. The highest BCUT2D eigenvalue weighted by molar-refractivity contribution is 7.63. The van der Waals surface area contributed by atoms with Crippen molar-refractivity contribution in [1.82, 2.24) is 9.55 Å². The summed E-state index contributed by atoms with van der Waals surface area (Å²) in [5.74, 6) is 0. The van der Waals surface area contributed by atoms with Gasteiger partial charge in [0.15, 0.2) is 12.3 Å². The number of hydrogen-bond donors (Lipinski definition) is 5. The molecule has 0 radical (unpaired) electrons. The summed E-state index contributed by atoms with van der Waals surface area (Å²) in [5, 5.41) is 13.1. The van der Waals surface area contributed by atoms with Crippen LogP contribution in [0.25, 0.3) is 0 Å². The van der Waals surface area contributed by atoms with E-state index in [0.717, 1.165) is 16.8 Å². The monoisotopic (exact) mass is 535 g/mol. The lowest BCUT2D eigenvalue weighted by Crippen LogP contribution is -2.41. The Balaban J connectivity index is 1.80. The highest BCUT2D eigenvalue weighted by atomic mass is 31.3. The molecule has 1 fully saturated rings. The van der Waals surface area contributed by atoms with E-state index in [0.29, 0.717) is 5.69 Å². The number of aliphatic hydroxyl groups is 1. The number of H-pyrrole nitrogens is 1. The van der Waals surface area contributed by atoms with E-state index >= 15 is 0 Å². The van der Waals surface area contributed by atoms with Crippen LogP contribution < -0.4 is 16.6 Å². The van der Waals surface area contributed by atoms with Crippen molar-refractivity contribution in [3.8, 4) is 0 Å². The molecule has 1 aromatic carbocycles. The van der Waals surface area contributed by atoms with Gasteiger partial charge in [0.1, 0.15) is 12.2 Å². The first-order valence-electron chi connectivity index (χ1n) is 10.1. The van der Waals surface area contributed by atoms with E-state index in [4.69, 9.17) is 9.47 Å². The van der Waals surface area contributed by atoms with Crippen LogP contribution in [0.4, 0.5) is 10.5 Å². The van der Waals surface area contributed by atoms with Gasteiger partial charge in [0.25, 0.3) is 5.56 Å². The molecule has 0 aliphatic carbocycles. The number of hydrogen-bond acceptors (Lipinski definition) is 10. The van der Waals surface area contributed by atoms with E-state index in [1.165, 1.54) is 6.92 Å². The number of amides is 1. The normalized spacial score (nSPS) is 25.4. The van der Waals surface area contributed by atoms with E-state index in [-0.39, 0.29) is 0 Å². The molecule has 1 aliphatic rings. The zero-order chi connectivity index (χ0) is 25.8. The lowest BCUT2D eigenvalue weighted by Gasteiger charge is -2.22. The highest BCUT2D eigenvalue weighted by Gasteiger charge is 2.49. The van der Waals surface area contributed by atoms with Gasteiger partial charge in [-0.2, -0.15) is 0 Å². The number of aromatic amines is 1. The van der Waals surface area contributed by atoms with Crippen LogP contribution in [0.2, 0.25) is 0 Å². The molecule has 0 spiro atoms. The number of phosphoric acid groups is 1. The van der Waals surface area contributed by atoms with Gasteiger partial charge < -0.3 is 24.4 Å². The fourth-order valence-electron chi connectivity index (χ4n) is 3.04. The first kappa shape index (κ1) is 27.0.